The molecule has 2 nitrogen and oxygen atoms in total. The predicted octanol–water partition coefficient (Wildman–Crippen LogP) is 13.4. The first-order chi connectivity index (χ1) is 26.7. The fourth-order valence-electron chi connectivity index (χ4n) is 8.66. The topological polar surface area (TPSA) is 8.17 Å². The molecule has 2 heteroatoms. The van der Waals surface area contributed by atoms with Crippen LogP contribution in [0.15, 0.2) is 206 Å². The van der Waals surface area contributed by atoms with E-state index < -0.39 is 0 Å². The van der Waals surface area contributed by atoms with E-state index in [4.69, 9.17) is 0 Å². The monoisotopic (exact) mass is 692 g/mol. The lowest BCUT2D eigenvalue weighted by molar-refractivity contribution is 0.783. The molecule has 3 aliphatic rings. The Bertz CT molecular complexity index is 2730. The van der Waals surface area contributed by atoms with Gasteiger partial charge in [0.2, 0.25) is 0 Å². The van der Waals surface area contributed by atoms with Gasteiger partial charge >= 0.3 is 0 Å². The summed E-state index contributed by atoms with van der Waals surface area (Å²) in [6.07, 6.45) is 19.0. The summed E-state index contributed by atoms with van der Waals surface area (Å²) in [7, 11) is 0. The highest BCUT2D eigenvalue weighted by Gasteiger charge is 2.25. The number of hydrogen-bond acceptors (Lipinski definition) is 1. The summed E-state index contributed by atoms with van der Waals surface area (Å²) < 4.78 is 2.49. The average molecular weight is 693 g/mol. The quantitative estimate of drug-likeness (QED) is 0.174. The van der Waals surface area contributed by atoms with Crippen LogP contribution in [0.3, 0.4) is 0 Å². The summed E-state index contributed by atoms with van der Waals surface area (Å²) in [6, 6.07) is 52.9. The Labute approximate surface area is 317 Å². The maximum Gasteiger partial charge on any atom is 0.0538 e. The Morgan fingerprint density at radius 3 is 2.20 bits per heavy atom. The molecule has 258 valence electrons. The molecular weight excluding hydrogens is 653 g/mol. The molecule has 0 spiro atoms. The summed E-state index contributed by atoms with van der Waals surface area (Å²) in [5.41, 5.74) is 16.0. The maximum atomic E-state index is 4.61. The molecule has 2 heterocycles. The van der Waals surface area contributed by atoms with Gasteiger partial charge in [-0.2, -0.15) is 0 Å². The van der Waals surface area contributed by atoms with Crippen LogP contribution in [0.2, 0.25) is 0 Å². The number of para-hydroxylation sites is 2. The Hall–Kier alpha value is -6.64. The Kier molecular flexibility index (Phi) is 7.95. The minimum Gasteiger partial charge on any atom is -0.317 e. The predicted molar refractivity (Wildman–Crippen MR) is 229 cm³/mol. The minimum atomic E-state index is 0.279. The van der Waals surface area contributed by atoms with Gasteiger partial charge < -0.3 is 9.47 Å². The van der Waals surface area contributed by atoms with Crippen molar-refractivity contribution in [2.75, 3.05) is 4.90 Å². The standard InChI is InChI=1S/C52H40N2/c1-36-33-42(31-32-53(43-15-4-2-5-16-43)50-22-11-10-19-45(36)50)40-28-30-51-49(34-40)48-29-27-41(35-52(48)54(51)44-17-6-3-7-18-44)37-23-25-39(26-24-37)47-21-12-14-38-13-8-9-20-46(38)47/h2-9,11-18,20-34,41H,1,10,19,35H2/b32-31-,42-33+. The lowest BCUT2D eigenvalue weighted by Crippen LogP contribution is -2.19. The number of anilines is 1. The molecule has 2 aliphatic carbocycles. The number of fused-ring (bicyclic) bond motifs is 4. The molecule has 0 fully saturated rings. The lowest BCUT2D eigenvalue weighted by Gasteiger charge is -2.29. The molecule has 1 atom stereocenters. The van der Waals surface area contributed by atoms with Crippen molar-refractivity contribution in [1.82, 2.24) is 4.57 Å². The van der Waals surface area contributed by atoms with E-state index in [0.29, 0.717) is 0 Å². The van der Waals surface area contributed by atoms with Gasteiger partial charge in [0, 0.05) is 45.8 Å². The molecule has 10 rings (SSSR count). The zero-order chi connectivity index (χ0) is 36.0. The van der Waals surface area contributed by atoms with Crippen molar-refractivity contribution < 1.29 is 0 Å². The zero-order valence-corrected chi connectivity index (χ0v) is 30.2. The fourth-order valence-corrected chi connectivity index (χ4v) is 8.66. The molecule has 0 saturated heterocycles. The maximum absolute atomic E-state index is 4.61. The molecule has 1 aliphatic heterocycles. The van der Waals surface area contributed by atoms with Gasteiger partial charge in [0.1, 0.15) is 0 Å². The molecule has 6 aromatic carbocycles. The number of hydrogen-bond donors (Lipinski definition) is 0. The van der Waals surface area contributed by atoms with Gasteiger partial charge in [0.25, 0.3) is 0 Å². The van der Waals surface area contributed by atoms with Gasteiger partial charge in [-0.1, -0.05) is 134 Å². The zero-order valence-electron chi connectivity index (χ0n) is 30.2. The van der Waals surface area contributed by atoms with E-state index in [1.165, 1.54) is 72.1 Å². The van der Waals surface area contributed by atoms with Crippen LogP contribution >= 0.6 is 0 Å². The normalized spacial score (nSPS) is 18.2. The molecule has 0 amide bonds. The van der Waals surface area contributed by atoms with Crippen molar-refractivity contribution in [3.8, 4) is 16.8 Å². The lowest BCUT2D eigenvalue weighted by atomic mass is 9.86. The van der Waals surface area contributed by atoms with Crippen molar-refractivity contribution in [1.29, 1.82) is 0 Å². The highest BCUT2D eigenvalue weighted by molar-refractivity contribution is 5.98. The number of nitrogens with zero attached hydrogens (tertiary/aromatic N) is 2. The number of benzene rings is 6. The minimum absolute atomic E-state index is 0.279. The molecule has 0 saturated carbocycles. The molecule has 1 aromatic heterocycles. The number of aromatic nitrogens is 1. The molecule has 54 heavy (non-hydrogen) atoms. The third-order valence-corrected chi connectivity index (χ3v) is 11.4. The van der Waals surface area contributed by atoms with Crippen molar-refractivity contribution in [2.24, 2.45) is 0 Å². The van der Waals surface area contributed by atoms with Gasteiger partial charge in [-0.05, 0) is 124 Å². The molecule has 1 unspecified atom stereocenters. The average Bonchev–Trinajstić information content (AvgIpc) is 3.56. The van der Waals surface area contributed by atoms with E-state index in [9.17, 15) is 0 Å². The van der Waals surface area contributed by atoms with Crippen molar-refractivity contribution in [3.63, 3.8) is 0 Å². The van der Waals surface area contributed by atoms with Gasteiger partial charge in [-0.25, -0.2) is 0 Å². The second-order valence-electron chi connectivity index (χ2n) is 14.5. The summed E-state index contributed by atoms with van der Waals surface area (Å²) in [4.78, 5) is 2.31. The van der Waals surface area contributed by atoms with Crippen LogP contribution in [-0.4, -0.2) is 4.57 Å². The highest BCUT2D eigenvalue weighted by Crippen LogP contribution is 2.41. The fraction of sp³-hybridized carbons (Fsp3) is 0.0769. The highest BCUT2D eigenvalue weighted by atomic mass is 15.1. The number of allylic oxidation sites excluding steroid dienone is 8. The Balaban J connectivity index is 1.04. The van der Waals surface area contributed by atoms with Crippen LogP contribution in [0.25, 0.3) is 50.1 Å². The first-order valence-corrected chi connectivity index (χ1v) is 19.0. The summed E-state index contributed by atoms with van der Waals surface area (Å²) in [5.74, 6) is 0.279. The third-order valence-electron chi connectivity index (χ3n) is 11.4. The molecular formula is C52H40N2. The van der Waals surface area contributed by atoms with Crippen molar-refractivity contribution >= 4 is 39.0 Å². The van der Waals surface area contributed by atoms with E-state index >= 15 is 0 Å². The van der Waals surface area contributed by atoms with Gasteiger partial charge in [-0.15, -0.1) is 0 Å². The van der Waals surface area contributed by atoms with Crippen LogP contribution in [0, 0.1) is 0 Å². The van der Waals surface area contributed by atoms with Crippen LogP contribution in [-0.2, 0) is 6.42 Å². The smallest absolute Gasteiger partial charge is 0.0538 e. The van der Waals surface area contributed by atoms with Crippen LogP contribution in [0.1, 0.15) is 41.1 Å². The van der Waals surface area contributed by atoms with E-state index in [1.54, 1.807) is 0 Å². The molecule has 0 bridgehead atoms. The van der Waals surface area contributed by atoms with Crippen LogP contribution in [0.5, 0.6) is 0 Å². The molecule has 7 aromatic rings. The van der Waals surface area contributed by atoms with Crippen LogP contribution in [0.4, 0.5) is 5.69 Å². The first kappa shape index (κ1) is 32.0. The van der Waals surface area contributed by atoms with E-state index in [-0.39, 0.29) is 5.92 Å². The SMILES string of the molecule is C=C1/C=C(c2ccc3c(c2)c2c(n3-c3ccccc3)CC(c3ccc(-c4cccc5ccccc45)cc3)C=C2)\C=C/N(c2ccccc2)C2=C1CCC=C2. The van der Waals surface area contributed by atoms with Gasteiger partial charge in [0.05, 0.1) is 5.52 Å². The third kappa shape index (κ3) is 5.59. The largest absolute Gasteiger partial charge is 0.317 e. The van der Waals surface area contributed by atoms with E-state index in [1.807, 2.05) is 0 Å². The molecule has 0 N–H and O–H groups in total. The number of rotatable bonds is 5. The first-order valence-electron chi connectivity index (χ1n) is 19.0. The second kappa shape index (κ2) is 13.4. The van der Waals surface area contributed by atoms with E-state index in [2.05, 4.69) is 204 Å². The summed E-state index contributed by atoms with van der Waals surface area (Å²) in [5, 5.41) is 3.83. The van der Waals surface area contributed by atoms with Crippen LogP contribution < -0.4 is 4.90 Å². The molecule has 0 radical (unpaired) electrons. The van der Waals surface area contributed by atoms with Gasteiger partial charge in [-0.3, -0.25) is 0 Å². The summed E-state index contributed by atoms with van der Waals surface area (Å²) >= 11 is 0. The van der Waals surface area contributed by atoms with Gasteiger partial charge in [0.15, 0.2) is 0 Å². The Morgan fingerprint density at radius 2 is 1.37 bits per heavy atom. The summed E-state index contributed by atoms with van der Waals surface area (Å²) in [6.45, 7) is 4.61. The van der Waals surface area contributed by atoms with E-state index in [0.717, 1.165) is 36.1 Å². The van der Waals surface area contributed by atoms with Crippen molar-refractivity contribution in [2.45, 2.75) is 25.2 Å². The Morgan fingerprint density at radius 1 is 0.630 bits per heavy atom. The van der Waals surface area contributed by atoms with Crippen molar-refractivity contribution in [3.05, 3.63) is 228 Å². The second-order valence-corrected chi connectivity index (χ2v) is 14.5.